The molecule has 1 aromatic rings. The summed E-state index contributed by atoms with van der Waals surface area (Å²) in [5, 5.41) is 0. The van der Waals surface area contributed by atoms with E-state index in [0.29, 0.717) is 19.1 Å². The summed E-state index contributed by atoms with van der Waals surface area (Å²) in [6.07, 6.45) is 7.84. The van der Waals surface area contributed by atoms with Crippen molar-refractivity contribution in [1.82, 2.24) is 5.43 Å². The van der Waals surface area contributed by atoms with Crippen LogP contribution in [0.3, 0.4) is 0 Å². The number of nitrogens with two attached hydrogens (primary N) is 1. The standard InChI is InChI=1S/C16H24N2O2/c17-18-16(12-5-3-1-2-4-6-12)13-7-8-14-15(11-13)20-10-9-19-14/h7-8,11-12,16,18H,1-6,9-10,17H2. The van der Waals surface area contributed by atoms with Gasteiger partial charge in [-0.3, -0.25) is 11.3 Å². The first-order valence-electron chi connectivity index (χ1n) is 7.74. The molecule has 110 valence electrons. The minimum Gasteiger partial charge on any atom is -0.486 e. The Kier molecular flexibility index (Phi) is 4.43. The average Bonchev–Trinajstić information content (AvgIpc) is 2.77. The molecule has 0 aromatic heterocycles. The first-order chi connectivity index (χ1) is 9.88. The lowest BCUT2D eigenvalue weighted by Gasteiger charge is -2.27. The molecule has 1 fully saturated rings. The third kappa shape index (κ3) is 2.91. The van der Waals surface area contributed by atoms with E-state index in [-0.39, 0.29) is 6.04 Å². The van der Waals surface area contributed by atoms with Crippen LogP contribution < -0.4 is 20.7 Å². The second kappa shape index (κ2) is 6.46. The fourth-order valence-corrected chi connectivity index (χ4v) is 3.40. The molecule has 3 N–H and O–H groups in total. The molecule has 0 amide bonds. The van der Waals surface area contributed by atoms with Crippen molar-refractivity contribution >= 4 is 0 Å². The van der Waals surface area contributed by atoms with Gasteiger partial charge in [-0.25, -0.2) is 0 Å². The third-order valence-corrected chi connectivity index (χ3v) is 4.48. The van der Waals surface area contributed by atoms with E-state index in [1.165, 1.54) is 44.1 Å². The number of ether oxygens (including phenoxy) is 2. The van der Waals surface area contributed by atoms with Gasteiger partial charge in [0.15, 0.2) is 11.5 Å². The molecule has 20 heavy (non-hydrogen) atoms. The van der Waals surface area contributed by atoms with Gasteiger partial charge in [0.2, 0.25) is 0 Å². The Bertz CT molecular complexity index is 442. The second-order valence-electron chi connectivity index (χ2n) is 5.80. The smallest absolute Gasteiger partial charge is 0.161 e. The summed E-state index contributed by atoms with van der Waals surface area (Å²) >= 11 is 0. The topological polar surface area (TPSA) is 56.5 Å². The Morgan fingerprint density at radius 3 is 2.40 bits per heavy atom. The minimum atomic E-state index is 0.212. The van der Waals surface area contributed by atoms with Gasteiger partial charge in [-0.1, -0.05) is 31.7 Å². The van der Waals surface area contributed by atoms with Crippen molar-refractivity contribution in [3.63, 3.8) is 0 Å². The largest absolute Gasteiger partial charge is 0.486 e. The van der Waals surface area contributed by atoms with Crippen molar-refractivity contribution in [2.45, 2.75) is 44.6 Å². The van der Waals surface area contributed by atoms with Gasteiger partial charge in [0.25, 0.3) is 0 Å². The van der Waals surface area contributed by atoms with Crippen molar-refractivity contribution in [3.8, 4) is 11.5 Å². The van der Waals surface area contributed by atoms with Crippen LogP contribution in [0.1, 0.15) is 50.1 Å². The lowest BCUT2D eigenvalue weighted by atomic mass is 9.87. The summed E-state index contributed by atoms with van der Waals surface area (Å²) in [5.41, 5.74) is 4.24. The third-order valence-electron chi connectivity index (χ3n) is 4.48. The van der Waals surface area contributed by atoms with Gasteiger partial charge in [0, 0.05) is 6.04 Å². The molecule has 1 aliphatic heterocycles. The Labute approximate surface area is 120 Å². The van der Waals surface area contributed by atoms with Crippen LogP contribution in [0.2, 0.25) is 0 Å². The van der Waals surface area contributed by atoms with E-state index in [9.17, 15) is 0 Å². The van der Waals surface area contributed by atoms with Crippen LogP contribution in [0.4, 0.5) is 0 Å². The summed E-state index contributed by atoms with van der Waals surface area (Å²) < 4.78 is 11.3. The Hall–Kier alpha value is -1.26. The molecule has 4 heteroatoms. The van der Waals surface area contributed by atoms with Crippen molar-refractivity contribution in [3.05, 3.63) is 23.8 Å². The van der Waals surface area contributed by atoms with Gasteiger partial charge in [0.05, 0.1) is 0 Å². The molecule has 0 spiro atoms. The fraction of sp³-hybridized carbons (Fsp3) is 0.625. The van der Waals surface area contributed by atoms with Crippen molar-refractivity contribution in [1.29, 1.82) is 0 Å². The first-order valence-corrected chi connectivity index (χ1v) is 7.74. The van der Waals surface area contributed by atoms with E-state index >= 15 is 0 Å². The van der Waals surface area contributed by atoms with Crippen LogP contribution in [0, 0.1) is 5.92 Å². The van der Waals surface area contributed by atoms with E-state index in [0.717, 1.165) is 11.5 Å². The molecule has 3 rings (SSSR count). The van der Waals surface area contributed by atoms with Gasteiger partial charge in [-0.2, -0.15) is 0 Å². The summed E-state index contributed by atoms with van der Waals surface area (Å²) in [6.45, 7) is 1.26. The summed E-state index contributed by atoms with van der Waals surface area (Å²) in [6, 6.07) is 6.42. The van der Waals surface area contributed by atoms with Crippen LogP contribution in [0.5, 0.6) is 11.5 Å². The number of rotatable bonds is 3. The molecule has 0 bridgehead atoms. The van der Waals surface area contributed by atoms with Crippen LogP contribution >= 0.6 is 0 Å². The summed E-state index contributed by atoms with van der Waals surface area (Å²) in [7, 11) is 0. The zero-order chi connectivity index (χ0) is 13.8. The van der Waals surface area contributed by atoms with E-state index in [1.807, 2.05) is 6.07 Å². The number of hydrogen-bond donors (Lipinski definition) is 2. The highest BCUT2D eigenvalue weighted by Gasteiger charge is 2.24. The molecule has 1 aliphatic carbocycles. The first kappa shape index (κ1) is 13.7. The molecule has 4 nitrogen and oxygen atoms in total. The molecule has 1 saturated carbocycles. The molecular weight excluding hydrogens is 252 g/mol. The number of nitrogens with one attached hydrogen (secondary N) is 1. The van der Waals surface area contributed by atoms with Gasteiger partial charge in [0.1, 0.15) is 13.2 Å². The van der Waals surface area contributed by atoms with Crippen molar-refractivity contribution < 1.29 is 9.47 Å². The molecule has 1 unspecified atom stereocenters. The minimum absolute atomic E-state index is 0.212. The zero-order valence-corrected chi connectivity index (χ0v) is 11.9. The number of fused-ring (bicyclic) bond motifs is 1. The number of hydrogen-bond acceptors (Lipinski definition) is 4. The normalized spacial score (nSPS) is 21.2. The molecule has 1 aromatic carbocycles. The summed E-state index contributed by atoms with van der Waals surface area (Å²) in [5.74, 6) is 8.15. The molecule has 1 atom stereocenters. The predicted molar refractivity (Wildman–Crippen MR) is 78.7 cm³/mol. The molecule has 0 radical (unpaired) electrons. The van der Waals surface area contributed by atoms with Crippen LogP contribution in [-0.2, 0) is 0 Å². The Morgan fingerprint density at radius 1 is 1.00 bits per heavy atom. The van der Waals surface area contributed by atoms with Crippen molar-refractivity contribution in [2.24, 2.45) is 11.8 Å². The summed E-state index contributed by atoms with van der Waals surface area (Å²) in [4.78, 5) is 0. The average molecular weight is 276 g/mol. The quantitative estimate of drug-likeness (QED) is 0.506. The van der Waals surface area contributed by atoms with Crippen LogP contribution in [-0.4, -0.2) is 13.2 Å². The highest BCUT2D eigenvalue weighted by Crippen LogP contribution is 2.37. The maximum absolute atomic E-state index is 5.84. The lowest BCUT2D eigenvalue weighted by Crippen LogP contribution is -2.33. The molecular formula is C16H24N2O2. The second-order valence-corrected chi connectivity index (χ2v) is 5.80. The SMILES string of the molecule is NNC(c1ccc2c(c1)OCCO2)C1CCCCCC1. The van der Waals surface area contributed by atoms with Gasteiger partial charge in [-0.05, 0) is 36.5 Å². The Balaban J connectivity index is 1.81. The maximum Gasteiger partial charge on any atom is 0.161 e. The molecule has 1 heterocycles. The number of hydrazine groups is 1. The van der Waals surface area contributed by atoms with E-state index in [4.69, 9.17) is 15.3 Å². The number of benzene rings is 1. The van der Waals surface area contributed by atoms with Gasteiger partial charge >= 0.3 is 0 Å². The highest BCUT2D eigenvalue weighted by atomic mass is 16.6. The zero-order valence-electron chi connectivity index (χ0n) is 11.9. The van der Waals surface area contributed by atoms with Crippen LogP contribution in [0.15, 0.2) is 18.2 Å². The van der Waals surface area contributed by atoms with Gasteiger partial charge < -0.3 is 9.47 Å². The Morgan fingerprint density at radius 2 is 1.70 bits per heavy atom. The van der Waals surface area contributed by atoms with Crippen molar-refractivity contribution in [2.75, 3.05) is 13.2 Å². The molecule has 0 saturated heterocycles. The van der Waals surface area contributed by atoms with E-state index in [2.05, 4.69) is 17.6 Å². The van der Waals surface area contributed by atoms with Crippen LogP contribution in [0.25, 0.3) is 0 Å². The van der Waals surface area contributed by atoms with E-state index in [1.54, 1.807) is 0 Å². The monoisotopic (exact) mass is 276 g/mol. The maximum atomic E-state index is 5.84. The van der Waals surface area contributed by atoms with E-state index < -0.39 is 0 Å². The fourth-order valence-electron chi connectivity index (χ4n) is 3.40. The molecule has 2 aliphatic rings. The predicted octanol–water partition coefficient (Wildman–Crippen LogP) is 2.93. The lowest BCUT2D eigenvalue weighted by molar-refractivity contribution is 0.171. The van der Waals surface area contributed by atoms with Gasteiger partial charge in [-0.15, -0.1) is 0 Å². The highest BCUT2D eigenvalue weighted by molar-refractivity contribution is 5.44.